The third-order valence-electron chi connectivity index (χ3n) is 1.42. The van der Waals surface area contributed by atoms with Gasteiger partial charge in [-0.25, -0.2) is 9.78 Å². The number of carbonyl (C=O) groups is 1. The van der Waals surface area contributed by atoms with Gasteiger partial charge in [-0.05, 0) is 23.8 Å². The number of nitrogens with two attached hydrogens (primary N) is 1. The fourth-order valence-electron chi connectivity index (χ4n) is 0.748. The second-order valence-corrected chi connectivity index (χ2v) is 2.37. The molecule has 68 valence electrons. The number of anilines is 1. The van der Waals surface area contributed by atoms with E-state index in [1.807, 2.05) is 0 Å². The van der Waals surface area contributed by atoms with Gasteiger partial charge in [0.1, 0.15) is 5.82 Å². The molecule has 13 heavy (non-hydrogen) atoms. The van der Waals surface area contributed by atoms with Crippen molar-refractivity contribution in [3.05, 3.63) is 30.0 Å². The number of methoxy groups -OCH3 is 1. The Bertz CT molecular complexity index is 317. The maximum Gasteiger partial charge on any atom is 0.330 e. The maximum atomic E-state index is 10.7. The van der Waals surface area contributed by atoms with Crippen molar-refractivity contribution in [2.24, 2.45) is 0 Å². The van der Waals surface area contributed by atoms with Gasteiger partial charge >= 0.3 is 5.97 Å². The second-order valence-electron chi connectivity index (χ2n) is 2.37. The average molecular weight is 178 g/mol. The van der Waals surface area contributed by atoms with Gasteiger partial charge in [0.2, 0.25) is 0 Å². The summed E-state index contributed by atoms with van der Waals surface area (Å²) < 4.78 is 4.42. The maximum absolute atomic E-state index is 10.7. The minimum absolute atomic E-state index is 0.392. The Hall–Kier alpha value is -1.84. The van der Waals surface area contributed by atoms with Crippen LogP contribution in [0.1, 0.15) is 5.56 Å². The van der Waals surface area contributed by atoms with Gasteiger partial charge in [-0.3, -0.25) is 0 Å². The molecule has 0 aliphatic carbocycles. The van der Waals surface area contributed by atoms with Crippen LogP contribution in [-0.4, -0.2) is 18.1 Å². The Morgan fingerprint density at radius 3 is 2.92 bits per heavy atom. The summed E-state index contributed by atoms with van der Waals surface area (Å²) in [6.07, 6.45) is 4.51. The van der Waals surface area contributed by atoms with Crippen LogP contribution >= 0.6 is 0 Å². The van der Waals surface area contributed by atoms with Crippen molar-refractivity contribution in [3.8, 4) is 0 Å². The van der Waals surface area contributed by atoms with E-state index in [1.54, 1.807) is 24.4 Å². The van der Waals surface area contributed by atoms with Gasteiger partial charge in [-0.1, -0.05) is 0 Å². The first-order valence-corrected chi connectivity index (χ1v) is 3.70. The van der Waals surface area contributed by atoms with E-state index in [4.69, 9.17) is 5.73 Å². The summed E-state index contributed by atoms with van der Waals surface area (Å²) in [4.78, 5) is 14.6. The minimum atomic E-state index is -0.392. The zero-order valence-electron chi connectivity index (χ0n) is 7.23. The molecule has 1 aromatic heterocycles. The van der Waals surface area contributed by atoms with Gasteiger partial charge in [-0.2, -0.15) is 0 Å². The first-order valence-electron chi connectivity index (χ1n) is 3.70. The molecule has 0 bridgehead atoms. The van der Waals surface area contributed by atoms with Crippen LogP contribution in [0.4, 0.5) is 5.82 Å². The zero-order chi connectivity index (χ0) is 9.68. The predicted molar refractivity (Wildman–Crippen MR) is 49.7 cm³/mol. The highest BCUT2D eigenvalue weighted by Gasteiger charge is 1.91. The lowest BCUT2D eigenvalue weighted by Crippen LogP contribution is -1.93. The van der Waals surface area contributed by atoms with Crippen LogP contribution in [0.25, 0.3) is 6.08 Å². The largest absolute Gasteiger partial charge is 0.466 e. The number of esters is 1. The van der Waals surface area contributed by atoms with Crippen LogP contribution in [-0.2, 0) is 9.53 Å². The molecule has 4 heteroatoms. The van der Waals surface area contributed by atoms with E-state index in [0.717, 1.165) is 5.56 Å². The van der Waals surface area contributed by atoms with E-state index in [0.29, 0.717) is 5.82 Å². The smallest absolute Gasteiger partial charge is 0.330 e. The average Bonchev–Trinajstić information content (AvgIpc) is 2.16. The van der Waals surface area contributed by atoms with Crippen LogP contribution in [0.15, 0.2) is 24.4 Å². The number of hydrogen-bond acceptors (Lipinski definition) is 4. The molecule has 0 spiro atoms. The van der Waals surface area contributed by atoms with Crippen molar-refractivity contribution >= 4 is 17.9 Å². The van der Waals surface area contributed by atoms with Gasteiger partial charge in [0.25, 0.3) is 0 Å². The van der Waals surface area contributed by atoms with Crippen LogP contribution < -0.4 is 5.73 Å². The summed E-state index contributed by atoms with van der Waals surface area (Å²) >= 11 is 0. The highest BCUT2D eigenvalue weighted by Crippen LogP contribution is 2.02. The summed E-state index contributed by atoms with van der Waals surface area (Å²) in [5.74, 6) is 0.0621. The Morgan fingerprint density at radius 1 is 1.62 bits per heavy atom. The summed E-state index contributed by atoms with van der Waals surface area (Å²) in [6, 6.07) is 3.43. The summed E-state index contributed by atoms with van der Waals surface area (Å²) in [5.41, 5.74) is 6.19. The van der Waals surface area contributed by atoms with E-state index in [2.05, 4.69) is 9.72 Å². The van der Waals surface area contributed by atoms with E-state index < -0.39 is 5.97 Å². The highest BCUT2D eigenvalue weighted by molar-refractivity contribution is 5.86. The van der Waals surface area contributed by atoms with Gasteiger partial charge < -0.3 is 10.5 Å². The van der Waals surface area contributed by atoms with Crippen molar-refractivity contribution in [2.75, 3.05) is 12.8 Å². The Balaban J connectivity index is 2.69. The number of pyridine rings is 1. The van der Waals surface area contributed by atoms with E-state index >= 15 is 0 Å². The normalized spacial score (nSPS) is 10.2. The number of ether oxygens (including phenoxy) is 1. The molecule has 0 amide bonds. The third kappa shape index (κ3) is 2.94. The molecule has 0 saturated heterocycles. The lowest BCUT2D eigenvalue weighted by atomic mass is 10.2. The van der Waals surface area contributed by atoms with Crippen LogP contribution in [0.5, 0.6) is 0 Å². The SMILES string of the molecule is COC(=O)C=Cc1ccc(N)nc1. The van der Waals surface area contributed by atoms with Crippen LogP contribution in [0, 0.1) is 0 Å². The van der Waals surface area contributed by atoms with Crippen molar-refractivity contribution < 1.29 is 9.53 Å². The Kier molecular flexibility index (Phi) is 3.03. The number of hydrogen-bond donors (Lipinski definition) is 1. The van der Waals surface area contributed by atoms with E-state index in [-0.39, 0.29) is 0 Å². The molecule has 1 rings (SSSR count). The van der Waals surface area contributed by atoms with Gasteiger partial charge in [0.15, 0.2) is 0 Å². The Labute approximate surface area is 76.0 Å². The highest BCUT2D eigenvalue weighted by atomic mass is 16.5. The van der Waals surface area contributed by atoms with Gasteiger partial charge in [0.05, 0.1) is 7.11 Å². The quantitative estimate of drug-likeness (QED) is 0.538. The molecule has 1 heterocycles. The Morgan fingerprint density at radius 2 is 2.38 bits per heavy atom. The molecule has 1 aromatic rings. The van der Waals surface area contributed by atoms with Crippen molar-refractivity contribution in [2.45, 2.75) is 0 Å². The number of nitrogen functional groups attached to an aromatic ring is 1. The molecule has 0 saturated carbocycles. The molecule has 0 unspecified atom stereocenters. The van der Waals surface area contributed by atoms with Crippen molar-refractivity contribution in [1.29, 1.82) is 0 Å². The molecule has 0 aliphatic heterocycles. The number of carbonyl (C=O) groups excluding carboxylic acids is 1. The predicted octanol–water partition coefficient (Wildman–Crippen LogP) is 0.850. The third-order valence-corrected chi connectivity index (χ3v) is 1.42. The lowest BCUT2D eigenvalue weighted by molar-refractivity contribution is -0.134. The fourth-order valence-corrected chi connectivity index (χ4v) is 0.748. The zero-order valence-corrected chi connectivity index (χ0v) is 7.23. The van der Waals surface area contributed by atoms with E-state index in [1.165, 1.54) is 13.2 Å². The number of aromatic nitrogens is 1. The first kappa shape index (κ1) is 9.25. The van der Waals surface area contributed by atoms with Crippen molar-refractivity contribution in [1.82, 2.24) is 4.98 Å². The number of nitrogens with zero attached hydrogens (tertiary/aromatic N) is 1. The van der Waals surface area contributed by atoms with Crippen molar-refractivity contribution in [3.63, 3.8) is 0 Å². The molecular formula is C9H10N2O2. The second kappa shape index (κ2) is 4.25. The topological polar surface area (TPSA) is 65.2 Å². The standard InChI is InChI=1S/C9H10N2O2/c1-13-9(12)5-3-7-2-4-8(10)11-6-7/h2-6H,1H3,(H2,10,11). The van der Waals surface area contributed by atoms with E-state index in [9.17, 15) is 4.79 Å². The monoisotopic (exact) mass is 178 g/mol. The molecule has 4 nitrogen and oxygen atoms in total. The minimum Gasteiger partial charge on any atom is -0.466 e. The molecular weight excluding hydrogens is 168 g/mol. The first-order chi connectivity index (χ1) is 6.22. The summed E-state index contributed by atoms with van der Waals surface area (Å²) in [6.45, 7) is 0. The molecule has 2 N–H and O–H groups in total. The summed E-state index contributed by atoms with van der Waals surface area (Å²) in [7, 11) is 1.33. The lowest BCUT2D eigenvalue weighted by Gasteiger charge is -1.93. The summed E-state index contributed by atoms with van der Waals surface area (Å²) in [5, 5.41) is 0. The van der Waals surface area contributed by atoms with Crippen LogP contribution in [0.3, 0.4) is 0 Å². The molecule has 0 radical (unpaired) electrons. The van der Waals surface area contributed by atoms with Gasteiger partial charge in [0, 0.05) is 12.3 Å². The van der Waals surface area contributed by atoms with Gasteiger partial charge in [-0.15, -0.1) is 0 Å². The number of rotatable bonds is 2. The molecule has 0 aliphatic rings. The molecule has 0 fully saturated rings. The molecule has 0 atom stereocenters. The van der Waals surface area contributed by atoms with Crippen LogP contribution in [0.2, 0.25) is 0 Å². The fraction of sp³-hybridized carbons (Fsp3) is 0.111. The molecule has 0 aromatic carbocycles.